The lowest BCUT2D eigenvalue weighted by atomic mass is 10.1. The van der Waals surface area contributed by atoms with Gasteiger partial charge in [0.05, 0.1) is 11.5 Å². The van der Waals surface area contributed by atoms with Crippen molar-refractivity contribution in [3.8, 4) is 0 Å². The number of carboxylic acids is 1. The van der Waals surface area contributed by atoms with Crippen LogP contribution in [0.15, 0.2) is 18.2 Å². The predicted octanol–water partition coefficient (Wildman–Crippen LogP) is 3.27. The number of hydrogen-bond acceptors (Lipinski definition) is 2. The normalized spacial score (nSPS) is 20.3. The van der Waals surface area contributed by atoms with Crippen LogP contribution in [0, 0.1) is 5.92 Å². The molecule has 1 aliphatic rings. The first-order chi connectivity index (χ1) is 9.27. The van der Waals surface area contributed by atoms with E-state index in [4.69, 9.17) is 16.7 Å². The monoisotopic (exact) mass is 307 g/mol. The Morgan fingerprint density at radius 2 is 2.15 bits per heavy atom. The van der Waals surface area contributed by atoms with E-state index in [2.05, 4.69) is 0 Å². The lowest BCUT2D eigenvalue weighted by molar-refractivity contribution is -0.141. The van der Waals surface area contributed by atoms with Crippen molar-refractivity contribution in [3.05, 3.63) is 34.3 Å². The number of halogens is 4. The molecule has 1 saturated heterocycles. The summed E-state index contributed by atoms with van der Waals surface area (Å²) in [7, 11) is 0. The van der Waals surface area contributed by atoms with Gasteiger partial charge in [0.15, 0.2) is 0 Å². The summed E-state index contributed by atoms with van der Waals surface area (Å²) in [6.07, 6.45) is -3.90. The van der Waals surface area contributed by atoms with E-state index in [0.717, 1.165) is 12.1 Å². The Morgan fingerprint density at radius 3 is 2.70 bits per heavy atom. The largest absolute Gasteiger partial charge is 0.481 e. The molecule has 3 nitrogen and oxygen atoms in total. The lowest BCUT2D eigenvalue weighted by Crippen LogP contribution is -2.23. The van der Waals surface area contributed by atoms with Gasteiger partial charge in [-0.3, -0.25) is 9.69 Å². The van der Waals surface area contributed by atoms with Crippen molar-refractivity contribution >= 4 is 17.6 Å². The second kappa shape index (κ2) is 5.61. The van der Waals surface area contributed by atoms with E-state index in [-0.39, 0.29) is 11.6 Å². The summed E-state index contributed by atoms with van der Waals surface area (Å²) in [5.41, 5.74) is -0.376. The van der Waals surface area contributed by atoms with Crippen LogP contribution in [0.2, 0.25) is 5.02 Å². The van der Waals surface area contributed by atoms with Gasteiger partial charge in [-0.05, 0) is 36.7 Å². The van der Waals surface area contributed by atoms with Crippen LogP contribution in [-0.2, 0) is 17.5 Å². The molecule has 1 heterocycles. The van der Waals surface area contributed by atoms with Crippen molar-refractivity contribution in [2.75, 3.05) is 13.1 Å². The standard InChI is InChI=1S/C13H13ClF3NO2/c14-11-2-1-10(13(15,16)17)5-9(11)7-18-4-3-8(6-18)12(19)20/h1-2,5,8H,3-4,6-7H2,(H,19,20). The molecule has 110 valence electrons. The molecule has 7 heteroatoms. The molecule has 20 heavy (non-hydrogen) atoms. The van der Waals surface area contributed by atoms with Crippen molar-refractivity contribution in [1.29, 1.82) is 0 Å². The number of alkyl halides is 3. The molecule has 1 aromatic rings. The van der Waals surface area contributed by atoms with Crippen LogP contribution in [0.3, 0.4) is 0 Å². The van der Waals surface area contributed by atoms with Gasteiger partial charge in [0, 0.05) is 18.1 Å². The Morgan fingerprint density at radius 1 is 1.45 bits per heavy atom. The van der Waals surface area contributed by atoms with Crippen LogP contribution in [0.5, 0.6) is 0 Å². The second-order valence-electron chi connectivity index (χ2n) is 4.86. The van der Waals surface area contributed by atoms with Crippen LogP contribution in [0.25, 0.3) is 0 Å². The van der Waals surface area contributed by atoms with Gasteiger partial charge in [-0.25, -0.2) is 0 Å². The summed E-state index contributed by atoms with van der Waals surface area (Å²) in [5.74, 6) is -1.33. The molecule has 0 aromatic heterocycles. The maximum atomic E-state index is 12.6. The molecule has 1 unspecified atom stereocenters. The Balaban J connectivity index is 2.12. The van der Waals surface area contributed by atoms with Gasteiger partial charge in [0.2, 0.25) is 0 Å². The second-order valence-corrected chi connectivity index (χ2v) is 5.27. The van der Waals surface area contributed by atoms with E-state index in [9.17, 15) is 18.0 Å². The summed E-state index contributed by atoms with van der Waals surface area (Å²) in [6.45, 7) is 1.11. The number of rotatable bonds is 3. The highest BCUT2D eigenvalue weighted by Crippen LogP contribution is 2.32. The van der Waals surface area contributed by atoms with E-state index in [1.54, 1.807) is 4.90 Å². The number of benzene rings is 1. The first-order valence-corrected chi connectivity index (χ1v) is 6.46. The van der Waals surface area contributed by atoms with Gasteiger partial charge in [0.25, 0.3) is 0 Å². The van der Waals surface area contributed by atoms with Crippen molar-refractivity contribution in [2.45, 2.75) is 19.1 Å². The molecule has 1 aromatic carbocycles. The molecule has 0 spiro atoms. The Hall–Kier alpha value is -1.27. The summed E-state index contributed by atoms with van der Waals surface area (Å²) < 4.78 is 37.9. The van der Waals surface area contributed by atoms with Crippen molar-refractivity contribution < 1.29 is 23.1 Å². The molecule has 1 N–H and O–H groups in total. The number of carboxylic acid groups (broad SMARTS) is 1. The third kappa shape index (κ3) is 3.43. The summed E-state index contributed by atoms with van der Waals surface area (Å²) in [6, 6.07) is 3.19. The lowest BCUT2D eigenvalue weighted by Gasteiger charge is -2.17. The summed E-state index contributed by atoms with van der Waals surface area (Å²) in [5, 5.41) is 9.16. The molecule has 2 rings (SSSR count). The zero-order valence-electron chi connectivity index (χ0n) is 10.5. The minimum atomic E-state index is -4.41. The topological polar surface area (TPSA) is 40.5 Å². The van der Waals surface area contributed by atoms with E-state index >= 15 is 0 Å². The number of hydrogen-bond donors (Lipinski definition) is 1. The average Bonchev–Trinajstić information content (AvgIpc) is 2.79. The van der Waals surface area contributed by atoms with Gasteiger partial charge in [0.1, 0.15) is 0 Å². The highest BCUT2D eigenvalue weighted by atomic mass is 35.5. The van der Waals surface area contributed by atoms with Gasteiger partial charge < -0.3 is 5.11 Å². The molecular weight excluding hydrogens is 295 g/mol. The van der Waals surface area contributed by atoms with Crippen molar-refractivity contribution in [1.82, 2.24) is 4.90 Å². The molecule has 1 aliphatic heterocycles. The fourth-order valence-electron chi connectivity index (χ4n) is 2.29. The first kappa shape index (κ1) is 15.1. The quantitative estimate of drug-likeness (QED) is 0.932. The number of likely N-dealkylation sites (tertiary alicyclic amines) is 1. The Bertz CT molecular complexity index is 519. The predicted molar refractivity (Wildman–Crippen MR) is 67.5 cm³/mol. The zero-order valence-corrected chi connectivity index (χ0v) is 11.2. The molecule has 1 fully saturated rings. The number of nitrogens with zero attached hydrogens (tertiary/aromatic N) is 1. The van der Waals surface area contributed by atoms with E-state index in [0.29, 0.717) is 25.1 Å². The molecule has 1 atom stereocenters. The highest BCUT2D eigenvalue weighted by Gasteiger charge is 2.32. The van der Waals surface area contributed by atoms with E-state index in [1.165, 1.54) is 6.07 Å². The van der Waals surface area contributed by atoms with Crippen molar-refractivity contribution in [2.24, 2.45) is 5.92 Å². The average molecular weight is 308 g/mol. The van der Waals surface area contributed by atoms with E-state index < -0.39 is 23.6 Å². The van der Waals surface area contributed by atoms with Crippen LogP contribution in [-0.4, -0.2) is 29.1 Å². The smallest absolute Gasteiger partial charge is 0.416 e. The van der Waals surface area contributed by atoms with Crippen molar-refractivity contribution in [3.63, 3.8) is 0 Å². The van der Waals surface area contributed by atoms with Gasteiger partial charge in [-0.1, -0.05) is 11.6 Å². The minimum absolute atomic E-state index is 0.229. The fourth-order valence-corrected chi connectivity index (χ4v) is 2.47. The van der Waals surface area contributed by atoms with Crippen LogP contribution < -0.4 is 0 Å². The van der Waals surface area contributed by atoms with E-state index in [1.807, 2.05) is 0 Å². The molecular formula is C13H13ClF3NO2. The number of carbonyl (C=O) groups is 1. The SMILES string of the molecule is O=C(O)C1CCN(Cc2cc(C(F)(F)F)ccc2Cl)C1. The van der Waals surface area contributed by atoms with Crippen LogP contribution in [0.4, 0.5) is 13.2 Å². The summed E-state index contributed by atoms with van der Waals surface area (Å²) >= 11 is 5.91. The highest BCUT2D eigenvalue weighted by molar-refractivity contribution is 6.31. The van der Waals surface area contributed by atoms with Crippen LogP contribution in [0.1, 0.15) is 17.5 Å². The van der Waals surface area contributed by atoms with Gasteiger partial charge >= 0.3 is 12.1 Å². The molecule has 0 amide bonds. The fraction of sp³-hybridized carbons (Fsp3) is 0.462. The Kier molecular flexibility index (Phi) is 4.25. The maximum absolute atomic E-state index is 12.6. The molecule has 0 aliphatic carbocycles. The molecule has 0 saturated carbocycles. The van der Waals surface area contributed by atoms with Gasteiger partial charge in [-0.2, -0.15) is 13.2 Å². The number of aliphatic carboxylic acids is 1. The Labute approximate surface area is 118 Å². The maximum Gasteiger partial charge on any atom is 0.416 e. The summed E-state index contributed by atoms with van der Waals surface area (Å²) in [4.78, 5) is 12.7. The zero-order chi connectivity index (χ0) is 14.9. The minimum Gasteiger partial charge on any atom is -0.481 e. The van der Waals surface area contributed by atoms with Gasteiger partial charge in [-0.15, -0.1) is 0 Å². The molecule has 0 radical (unpaired) electrons. The first-order valence-electron chi connectivity index (χ1n) is 6.08. The third-order valence-electron chi connectivity index (χ3n) is 3.39. The molecule has 0 bridgehead atoms. The van der Waals surface area contributed by atoms with Crippen LogP contribution >= 0.6 is 11.6 Å². The third-order valence-corrected chi connectivity index (χ3v) is 3.76.